The molecular weight excluding hydrogens is 124 g/mol. The molecule has 0 amide bonds. The van der Waals surface area contributed by atoms with Gasteiger partial charge >= 0.3 is 0 Å². The molecule has 10 heavy (non-hydrogen) atoms. The lowest BCUT2D eigenvalue weighted by Crippen LogP contribution is -2.06. The Morgan fingerprint density at radius 1 is 1.70 bits per heavy atom. The Bertz CT molecular complexity index is 116. The van der Waals surface area contributed by atoms with Crippen molar-refractivity contribution in [3.05, 3.63) is 24.8 Å². The molecule has 0 aliphatic rings. The van der Waals surface area contributed by atoms with E-state index in [-0.39, 0.29) is 6.10 Å². The fourth-order valence-electron chi connectivity index (χ4n) is 0.702. The van der Waals surface area contributed by atoms with Crippen molar-refractivity contribution in [1.82, 2.24) is 0 Å². The molecule has 0 radical (unpaired) electrons. The number of allylic oxidation sites excluding steroid dienone is 1. The van der Waals surface area contributed by atoms with E-state index in [1.807, 2.05) is 13.0 Å². The highest BCUT2D eigenvalue weighted by Crippen LogP contribution is 2.07. The Morgan fingerprint density at radius 3 is 2.70 bits per heavy atom. The van der Waals surface area contributed by atoms with Gasteiger partial charge in [0.1, 0.15) is 0 Å². The van der Waals surface area contributed by atoms with Crippen molar-refractivity contribution in [2.75, 3.05) is 0 Å². The van der Waals surface area contributed by atoms with Crippen molar-refractivity contribution >= 4 is 0 Å². The minimum Gasteiger partial charge on any atom is -0.389 e. The lowest BCUT2D eigenvalue weighted by molar-refractivity contribution is 0.198. The molecule has 0 spiro atoms. The summed E-state index contributed by atoms with van der Waals surface area (Å²) in [5.74, 6) is 0. The van der Waals surface area contributed by atoms with Crippen molar-refractivity contribution in [3.8, 4) is 0 Å². The summed E-state index contributed by atoms with van der Waals surface area (Å²) in [4.78, 5) is 0. The summed E-state index contributed by atoms with van der Waals surface area (Å²) in [6.45, 7) is 9.10. The number of hydrogen-bond acceptors (Lipinski definition) is 1. The minimum atomic E-state index is -0.319. The molecular formula is C9H16O. The lowest BCUT2D eigenvalue weighted by Gasteiger charge is -2.07. The van der Waals surface area contributed by atoms with Crippen LogP contribution in [0.2, 0.25) is 0 Å². The van der Waals surface area contributed by atoms with Gasteiger partial charge in [0.25, 0.3) is 0 Å². The van der Waals surface area contributed by atoms with Crippen LogP contribution in [-0.4, -0.2) is 11.2 Å². The van der Waals surface area contributed by atoms with Crippen LogP contribution in [-0.2, 0) is 0 Å². The van der Waals surface area contributed by atoms with Crippen LogP contribution in [0.25, 0.3) is 0 Å². The fourth-order valence-corrected chi connectivity index (χ4v) is 0.702. The van der Waals surface area contributed by atoms with E-state index in [1.54, 1.807) is 0 Å². The van der Waals surface area contributed by atoms with E-state index in [1.165, 1.54) is 0 Å². The summed E-state index contributed by atoms with van der Waals surface area (Å²) < 4.78 is 0. The Morgan fingerprint density at radius 2 is 2.30 bits per heavy atom. The predicted octanol–water partition coefficient (Wildman–Crippen LogP) is 2.28. The van der Waals surface area contributed by atoms with Gasteiger partial charge in [0, 0.05) is 0 Å². The first-order chi connectivity index (χ1) is 4.68. The van der Waals surface area contributed by atoms with Gasteiger partial charge in [-0.05, 0) is 26.2 Å². The number of unbranched alkanes of at least 4 members (excludes halogenated alkanes) is 1. The van der Waals surface area contributed by atoms with Crippen molar-refractivity contribution in [1.29, 1.82) is 0 Å². The Kier molecular flexibility index (Phi) is 4.95. The van der Waals surface area contributed by atoms with Crippen molar-refractivity contribution in [2.45, 2.75) is 32.3 Å². The number of aliphatic hydroxyl groups excluding tert-OH is 1. The van der Waals surface area contributed by atoms with Crippen LogP contribution >= 0.6 is 0 Å². The topological polar surface area (TPSA) is 20.2 Å². The maximum atomic E-state index is 9.22. The van der Waals surface area contributed by atoms with Crippen LogP contribution in [0.15, 0.2) is 24.8 Å². The first-order valence-electron chi connectivity index (χ1n) is 3.63. The van der Waals surface area contributed by atoms with Gasteiger partial charge in [-0.25, -0.2) is 0 Å². The molecule has 0 rings (SSSR count). The van der Waals surface area contributed by atoms with E-state index in [2.05, 4.69) is 13.2 Å². The van der Waals surface area contributed by atoms with E-state index in [4.69, 9.17) is 0 Å². The third-order valence-electron chi connectivity index (χ3n) is 1.45. The second kappa shape index (κ2) is 5.24. The molecule has 0 fully saturated rings. The molecule has 1 nitrogen and oxygen atoms in total. The van der Waals surface area contributed by atoms with Gasteiger partial charge < -0.3 is 5.11 Å². The summed E-state index contributed by atoms with van der Waals surface area (Å²) in [6, 6.07) is 0. The number of rotatable bonds is 5. The highest BCUT2D eigenvalue weighted by Gasteiger charge is 2.01. The molecule has 0 aliphatic heterocycles. The molecule has 58 valence electrons. The van der Waals surface area contributed by atoms with Gasteiger partial charge in [0.05, 0.1) is 6.10 Å². The second-order valence-corrected chi connectivity index (χ2v) is 2.58. The highest BCUT2D eigenvalue weighted by molar-refractivity contribution is 4.96. The summed E-state index contributed by atoms with van der Waals surface area (Å²) >= 11 is 0. The highest BCUT2D eigenvalue weighted by atomic mass is 16.3. The maximum absolute atomic E-state index is 9.22. The average Bonchev–Trinajstić information content (AvgIpc) is 1.88. The molecule has 1 unspecified atom stereocenters. The predicted molar refractivity (Wildman–Crippen MR) is 44.9 cm³/mol. The molecule has 0 aromatic rings. The van der Waals surface area contributed by atoms with Crippen LogP contribution in [0.1, 0.15) is 26.2 Å². The third kappa shape index (κ3) is 4.33. The van der Waals surface area contributed by atoms with Gasteiger partial charge in [-0.15, -0.1) is 6.58 Å². The summed E-state index contributed by atoms with van der Waals surface area (Å²) in [6.07, 6.45) is 4.33. The minimum absolute atomic E-state index is 0.319. The second-order valence-electron chi connectivity index (χ2n) is 2.58. The molecule has 1 heteroatoms. The fraction of sp³-hybridized carbons (Fsp3) is 0.556. The van der Waals surface area contributed by atoms with E-state index in [0.717, 1.165) is 24.8 Å². The van der Waals surface area contributed by atoms with Crippen molar-refractivity contribution in [2.24, 2.45) is 0 Å². The average molecular weight is 140 g/mol. The maximum Gasteiger partial charge on any atom is 0.0744 e. The van der Waals surface area contributed by atoms with Crippen LogP contribution in [0.5, 0.6) is 0 Å². The first-order valence-corrected chi connectivity index (χ1v) is 3.63. The van der Waals surface area contributed by atoms with Crippen LogP contribution in [0.3, 0.4) is 0 Å². The molecule has 0 saturated carbocycles. The van der Waals surface area contributed by atoms with Crippen LogP contribution in [0.4, 0.5) is 0 Å². The van der Waals surface area contributed by atoms with Gasteiger partial charge in [0.15, 0.2) is 0 Å². The standard InChI is InChI=1S/C9H16O/c1-4-5-6-7-9(10)8(2)3/h4,9-10H,1-2,5-7H2,3H3. The van der Waals surface area contributed by atoms with Gasteiger partial charge in [-0.2, -0.15) is 0 Å². The molecule has 0 heterocycles. The Hall–Kier alpha value is -0.560. The van der Waals surface area contributed by atoms with E-state index in [0.29, 0.717) is 0 Å². The monoisotopic (exact) mass is 140 g/mol. The van der Waals surface area contributed by atoms with Crippen LogP contribution < -0.4 is 0 Å². The number of hydrogen-bond donors (Lipinski definition) is 1. The zero-order chi connectivity index (χ0) is 7.98. The van der Waals surface area contributed by atoms with Crippen LogP contribution in [0, 0.1) is 0 Å². The van der Waals surface area contributed by atoms with Gasteiger partial charge in [-0.3, -0.25) is 0 Å². The molecule has 0 aromatic carbocycles. The van der Waals surface area contributed by atoms with E-state index < -0.39 is 0 Å². The summed E-state index contributed by atoms with van der Waals surface area (Å²) in [7, 11) is 0. The first kappa shape index (κ1) is 9.44. The Labute approximate surface area is 63.1 Å². The molecule has 0 bridgehead atoms. The third-order valence-corrected chi connectivity index (χ3v) is 1.45. The largest absolute Gasteiger partial charge is 0.389 e. The molecule has 1 atom stereocenters. The molecule has 0 aliphatic carbocycles. The quantitative estimate of drug-likeness (QED) is 0.459. The summed E-state index contributed by atoms with van der Waals surface area (Å²) in [5, 5.41) is 9.22. The lowest BCUT2D eigenvalue weighted by atomic mass is 10.1. The van der Waals surface area contributed by atoms with Gasteiger partial charge in [0.2, 0.25) is 0 Å². The van der Waals surface area contributed by atoms with E-state index in [9.17, 15) is 5.11 Å². The van der Waals surface area contributed by atoms with E-state index >= 15 is 0 Å². The molecule has 1 N–H and O–H groups in total. The zero-order valence-electron chi connectivity index (χ0n) is 6.64. The molecule has 0 saturated heterocycles. The number of aliphatic hydroxyl groups is 1. The smallest absolute Gasteiger partial charge is 0.0744 e. The summed E-state index contributed by atoms with van der Waals surface area (Å²) in [5.41, 5.74) is 0.851. The van der Waals surface area contributed by atoms with Gasteiger partial charge in [-0.1, -0.05) is 18.2 Å². The van der Waals surface area contributed by atoms with Crippen molar-refractivity contribution < 1.29 is 5.11 Å². The van der Waals surface area contributed by atoms with Crippen molar-refractivity contribution in [3.63, 3.8) is 0 Å². The SMILES string of the molecule is C=CCCCC(O)C(=C)C. The Balaban J connectivity index is 3.30. The molecule has 0 aromatic heterocycles. The zero-order valence-corrected chi connectivity index (χ0v) is 6.64. The normalized spacial score (nSPS) is 12.6.